The second-order valence-electron chi connectivity index (χ2n) is 8.28. The number of nitriles is 1. The van der Waals surface area contributed by atoms with Crippen LogP contribution in [0.15, 0.2) is 42.7 Å². The number of halogens is 2. The quantitative estimate of drug-likeness (QED) is 0.562. The number of nitrogens with zero attached hydrogens (tertiary/aromatic N) is 5. The Hall–Kier alpha value is -3.29. The number of hydrogen-bond acceptors (Lipinski definition) is 8. The molecule has 1 saturated carbocycles. The van der Waals surface area contributed by atoms with E-state index in [1.165, 1.54) is 6.07 Å². The van der Waals surface area contributed by atoms with Gasteiger partial charge in [-0.2, -0.15) is 5.26 Å². The van der Waals surface area contributed by atoms with Gasteiger partial charge in [-0.3, -0.25) is 0 Å². The molecule has 1 aliphatic heterocycles. The first kappa shape index (κ1) is 23.9. The van der Waals surface area contributed by atoms with Gasteiger partial charge in [-0.25, -0.2) is 27.8 Å². The Kier molecular flexibility index (Phi) is 6.68. The molecule has 3 aromatic heterocycles. The van der Waals surface area contributed by atoms with E-state index in [9.17, 15) is 12.8 Å². The van der Waals surface area contributed by atoms with Crippen LogP contribution in [0.1, 0.15) is 29.9 Å². The Bertz CT molecular complexity index is 1360. The van der Waals surface area contributed by atoms with Crippen molar-refractivity contribution in [2.75, 3.05) is 34.8 Å². The summed E-state index contributed by atoms with van der Waals surface area (Å²) < 4.78 is 38.3. The second-order valence-corrected chi connectivity index (χ2v) is 10.6. The Morgan fingerprint density at radius 2 is 1.85 bits per heavy atom. The normalized spacial score (nSPS) is 16.9. The molecule has 8 nitrogen and oxygen atoms in total. The van der Waals surface area contributed by atoms with Crippen LogP contribution in [0.2, 0.25) is 0 Å². The van der Waals surface area contributed by atoms with Crippen LogP contribution in [0.4, 0.5) is 21.8 Å². The van der Waals surface area contributed by atoms with Gasteiger partial charge in [0, 0.05) is 31.0 Å². The lowest BCUT2D eigenvalue weighted by atomic mass is 10.1. The summed E-state index contributed by atoms with van der Waals surface area (Å²) in [7, 11) is -3.06. The van der Waals surface area contributed by atoms with Gasteiger partial charge in [0.05, 0.1) is 28.8 Å². The van der Waals surface area contributed by atoms with Crippen molar-refractivity contribution in [3.8, 4) is 17.3 Å². The van der Waals surface area contributed by atoms with Gasteiger partial charge in [0.1, 0.15) is 11.6 Å². The van der Waals surface area contributed by atoms with Crippen LogP contribution in [0.5, 0.6) is 0 Å². The summed E-state index contributed by atoms with van der Waals surface area (Å²) in [6.45, 7) is 0.452. The molecule has 1 aliphatic carbocycles. The lowest BCUT2D eigenvalue weighted by Crippen LogP contribution is -2.41. The predicted octanol–water partition coefficient (Wildman–Crippen LogP) is 3.83. The maximum Gasteiger partial charge on any atom is 0.166 e. The molecule has 0 amide bonds. The number of hydrogen-bond donors (Lipinski definition) is 1. The number of rotatable bonds is 5. The summed E-state index contributed by atoms with van der Waals surface area (Å²) in [5.74, 6) is 1.14. The van der Waals surface area contributed by atoms with Gasteiger partial charge in [0.15, 0.2) is 21.5 Å². The molecule has 1 saturated heterocycles. The molecule has 2 aliphatic rings. The second kappa shape index (κ2) is 9.52. The number of anilines is 3. The standard InChI is InChI=1S/C23H21FN6O2S.ClH/c24-19-10-18(14-27-23(19)30-5-7-33(31,32)8-6-30)20-11-17(16-1-2-16)12-22(28-20)29-21-9-15(13-25)3-4-26-21;/h3-4,9-12,14,16H,1-2,5-8H2,(H,26,28,29);1H. The van der Waals surface area contributed by atoms with Crippen molar-refractivity contribution in [1.82, 2.24) is 15.0 Å². The molecule has 176 valence electrons. The Morgan fingerprint density at radius 3 is 2.53 bits per heavy atom. The summed E-state index contributed by atoms with van der Waals surface area (Å²) >= 11 is 0. The molecule has 34 heavy (non-hydrogen) atoms. The van der Waals surface area contributed by atoms with Crippen LogP contribution in [0.25, 0.3) is 11.3 Å². The van der Waals surface area contributed by atoms with Crippen LogP contribution >= 0.6 is 12.4 Å². The topological polar surface area (TPSA) is 112 Å². The van der Waals surface area contributed by atoms with E-state index in [0.717, 1.165) is 18.4 Å². The first-order chi connectivity index (χ1) is 15.9. The van der Waals surface area contributed by atoms with Crippen molar-refractivity contribution >= 4 is 39.7 Å². The highest BCUT2D eigenvalue weighted by Crippen LogP contribution is 2.42. The fraction of sp³-hybridized carbons (Fsp3) is 0.304. The highest BCUT2D eigenvalue weighted by atomic mass is 35.5. The van der Waals surface area contributed by atoms with Gasteiger partial charge in [0.2, 0.25) is 0 Å². The lowest BCUT2D eigenvalue weighted by molar-refractivity contribution is 0.579. The van der Waals surface area contributed by atoms with Crippen LogP contribution in [-0.2, 0) is 9.84 Å². The third-order valence-electron chi connectivity index (χ3n) is 5.80. The van der Waals surface area contributed by atoms with Gasteiger partial charge < -0.3 is 10.2 Å². The van der Waals surface area contributed by atoms with Gasteiger partial charge in [-0.1, -0.05) is 0 Å². The van der Waals surface area contributed by atoms with E-state index in [0.29, 0.717) is 34.4 Å². The molecule has 0 spiro atoms. The molecule has 0 aromatic carbocycles. The average Bonchev–Trinajstić information content (AvgIpc) is 3.65. The highest BCUT2D eigenvalue weighted by molar-refractivity contribution is 7.91. The smallest absolute Gasteiger partial charge is 0.166 e. The Morgan fingerprint density at radius 1 is 1.09 bits per heavy atom. The molecule has 0 radical (unpaired) electrons. The lowest BCUT2D eigenvalue weighted by Gasteiger charge is -2.28. The summed E-state index contributed by atoms with van der Waals surface area (Å²) in [6, 6.07) is 10.6. The third kappa shape index (κ3) is 5.26. The minimum absolute atomic E-state index is 0. The summed E-state index contributed by atoms with van der Waals surface area (Å²) in [4.78, 5) is 14.8. The van der Waals surface area contributed by atoms with Gasteiger partial charge in [0.25, 0.3) is 0 Å². The fourth-order valence-corrected chi connectivity index (χ4v) is 5.04. The predicted molar refractivity (Wildman–Crippen MR) is 130 cm³/mol. The molecule has 0 atom stereocenters. The molecule has 0 bridgehead atoms. The number of pyridine rings is 3. The molecule has 11 heteroatoms. The van der Waals surface area contributed by atoms with E-state index in [-0.39, 0.29) is 42.8 Å². The zero-order valence-electron chi connectivity index (χ0n) is 18.1. The first-order valence-electron chi connectivity index (χ1n) is 10.7. The summed E-state index contributed by atoms with van der Waals surface area (Å²) in [5, 5.41) is 12.3. The summed E-state index contributed by atoms with van der Waals surface area (Å²) in [6.07, 6.45) is 5.30. The van der Waals surface area contributed by atoms with E-state index >= 15 is 0 Å². The maximum atomic E-state index is 15.0. The third-order valence-corrected chi connectivity index (χ3v) is 7.41. The van der Waals surface area contributed by atoms with Crippen LogP contribution in [0.3, 0.4) is 0 Å². The van der Waals surface area contributed by atoms with Crippen molar-refractivity contribution < 1.29 is 12.8 Å². The molecule has 5 rings (SSSR count). The van der Waals surface area contributed by atoms with Crippen molar-refractivity contribution in [1.29, 1.82) is 5.26 Å². The van der Waals surface area contributed by atoms with Crippen molar-refractivity contribution in [3.63, 3.8) is 0 Å². The fourth-order valence-electron chi connectivity index (χ4n) is 3.84. The molecular weight excluding hydrogens is 479 g/mol. The van der Waals surface area contributed by atoms with E-state index in [4.69, 9.17) is 5.26 Å². The molecule has 0 unspecified atom stereocenters. The van der Waals surface area contributed by atoms with Crippen molar-refractivity contribution in [3.05, 3.63) is 59.7 Å². The monoisotopic (exact) mass is 500 g/mol. The number of aromatic nitrogens is 3. The van der Waals surface area contributed by atoms with Crippen LogP contribution in [0, 0.1) is 17.1 Å². The zero-order valence-corrected chi connectivity index (χ0v) is 19.7. The minimum Gasteiger partial charge on any atom is -0.352 e. The van der Waals surface area contributed by atoms with Crippen molar-refractivity contribution in [2.45, 2.75) is 18.8 Å². The zero-order chi connectivity index (χ0) is 23.0. The Labute approximate surface area is 203 Å². The summed E-state index contributed by atoms with van der Waals surface area (Å²) in [5.41, 5.74) is 2.70. The van der Waals surface area contributed by atoms with E-state index in [2.05, 4.69) is 26.3 Å². The van der Waals surface area contributed by atoms with E-state index in [1.54, 1.807) is 29.4 Å². The molecule has 1 N–H and O–H groups in total. The highest BCUT2D eigenvalue weighted by Gasteiger charge is 2.26. The first-order valence-corrected chi connectivity index (χ1v) is 12.5. The van der Waals surface area contributed by atoms with Crippen molar-refractivity contribution in [2.24, 2.45) is 0 Å². The van der Waals surface area contributed by atoms with Gasteiger partial charge in [-0.05, 0) is 54.7 Å². The molecule has 3 aromatic rings. The molecule has 2 fully saturated rings. The van der Waals surface area contributed by atoms with Crippen LogP contribution < -0.4 is 10.2 Å². The van der Waals surface area contributed by atoms with E-state index < -0.39 is 15.7 Å². The minimum atomic E-state index is -3.06. The number of nitrogens with one attached hydrogen (secondary N) is 1. The Balaban J connectivity index is 0.00000274. The average molecular weight is 501 g/mol. The molecule has 4 heterocycles. The van der Waals surface area contributed by atoms with Crippen LogP contribution in [-0.4, -0.2) is 48.0 Å². The SMILES string of the molecule is Cl.N#Cc1ccnc(Nc2cc(C3CC3)cc(-c3cnc(N4CCS(=O)(=O)CC4)c(F)c3)n2)c1. The maximum absolute atomic E-state index is 15.0. The van der Waals surface area contributed by atoms with Gasteiger partial charge >= 0.3 is 0 Å². The largest absolute Gasteiger partial charge is 0.352 e. The molecular formula is C23H22ClFN6O2S. The van der Waals surface area contributed by atoms with E-state index in [1.807, 2.05) is 12.1 Å². The number of sulfone groups is 1. The van der Waals surface area contributed by atoms with Gasteiger partial charge in [-0.15, -0.1) is 12.4 Å².